The van der Waals surface area contributed by atoms with Crippen LogP contribution in [0.2, 0.25) is 0 Å². The minimum atomic E-state index is 0.0318. The average molecular weight is 267 g/mol. The van der Waals surface area contributed by atoms with Crippen molar-refractivity contribution in [2.45, 2.75) is 56.1 Å². The molecule has 3 aliphatic rings. The molecule has 4 nitrogen and oxygen atoms in total. The maximum atomic E-state index is 9.82. The van der Waals surface area contributed by atoms with Crippen molar-refractivity contribution in [3.8, 4) is 0 Å². The first-order chi connectivity index (χ1) is 9.21. The largest absolute Gasteiger partial charge is 0.394 e. The van der Waals surface area contributed by atoms with Gasteiger partial charge in [0, 0.05) is 30.7 Å². The summed E-state index contributed by atoms with van der Waals surface area (Å²) in [5.74, 6) is 0. The Bertz CT molecular complexity index is 308. The van der Waals surface area contributed by atoms with E-state index in [1.165, 1.54) is 51.9 Å². The molecule has 0 aromatic rings. The van der Waals surface area contributed by atoms with Gasteiger partial charge in [-0.1, -0.05) is 0 Å². The fraction of sp³-hybridized carbons (Fsp3) is 1.00. The Kier molecular flexibility index (Phi) is 4.13. The van der Waals surface area contributed by atoms with E-state index in [0.717, 1.165) is 12.8 Å². The summed E-state index contributed by atoms with van der Waals surface area (Å²) in [4.78, 5) is 5.12. The molecule has 0 aromatic carbocycles. The number of nitrogens with one attached hydrogen (secondary N) is 1. The first kappa shape index (κ1) is 13.8. The van der Waals surface area contributed by atoms with E-state index in [0.29, 0.717) is 18.7 Å². The number of nitrogens with zero attached hydrogens (tertiary/aromatic N) is 2. The van der Waals surface area contributed by atoms with Gasteiger partial charge in [0.15, 0.2) is 0 Å². The van der Waals surface area contributed by atoms with Gasteiger partial charge in [0.2, 0.25) is 0 Å². The second-order valence-electron chi connectivity index (χ2n) is 6.95. The maximum absolute atomic E-state index is 9.82. The van der Waals surface area contributed by atoms with Gasteiger partial charge in [-0.3, -0.25) is 4.90 Å². The molecule has 2 saturated carbocycles. The Hall–Kier alpha value is -0.160. The lowest BCUT2D eigenvalue weighted by Gasteiger charge is -2.32. The third-order valence-electron chi connectivity index (χ3n) is 5.24. The number of aliphatic hydroxyl groups excluding tert-OH is 1. The van der Waals surface area contributed by atoms with Crippen LogP contribution in [0.25, 0.3) is 0 Å². The highest BCUT2D eigenvalue weighted by atomic mass is 16.3. The van der Waals surface area contributed by atoms with Gasteiger partial charge in [-0.2, -0.15) is 0 Å². The summed E-state index contributed by atoms with van der Waals surface area (Å²) >= 11 is 0. The predicted molar refractivity (Wildman–Crippen MR) is 77.3 cm³/mol. The molecular weight excluding hydrogens is 238 g/mol. The molecule has 110 valence electrons. The third kappa shape index (κ3) is 3.30. The SMILES string of the molecule is CN1CCCN(C2CCC(CO)(NC3CC3)C2)CC1. The quantitative estimate of drug-likeness (QED) is 0.785. The molecular formula is C15H29N3O. The number of rotatable bonds is 4. The molecule has 1 aliphatic heterocycles. The molecule has 2 unspecified atom stereocenters. The van der Waals surface area contributed by atoms with Crippen LogP contribution >= 0.6 is 0 Å². The average Bonchev–Trinajstić information content (AvgIpc) is 3.15. The standard InChI is InChI=1S/C15H29N3O/c1-17-7-2-8-18(10-9-17)14-5-6-15(11-14,12-19)16-13-3-4-13/h13-14,16,19H,2-12H2,1H3. The second kappa shape index (κ2) is 5.68. The van der Waals surface area contributed by atoms with Crippen LogP contribution in [0.1, 0.15) is 38.5 Å². The van der Waals surface area contributed by atoms with Crippen LogP contribution in [0.15, 0.2) is 0 Å². The zero-order chi connectivity index (χ0) is 13.3. The second-order valence-corrected chi connectivity index (χ2v) is 6.95. The molecule has 3 rings (SSSR count). The molecule has 2 aliphatic carbocycles. The third-order valence-corrected chi connectivity index (χ3v) is 5.24. The molecule has 2 atom stereocenters. The van der Waals surface area contributed by atoms with Gasteiger partial charge < -0.3 is 15.3 Å². The van der Waals surface area contributed by atoms with Gasteiger partial charge in [-0.05, 0) is 58.7 Å². The van der Waals surface area contributed by atoms with Crippen molar-refractivity contribution in [1.29, 1.82) is 0 Å². The minimum absolute atomic E-state index is 0.0318. The van der Waals surface area contributed by atoms with Gasteiger partial charge >= 0.3 is 0 Å². The summed E-state index contributed by atoms with van der Waals surface area (Å²) < 4.78 is 0. The fourth-order valence-corrected chi connectivity index (χ4v) is 3.82. The van der Waals surface area contributed by atoms with Crippen molar-refractivity contribution in [2.24, 2.45) is 0 Å². The zero-order valence-electron chi connectivity index (χ0n) is 12.3. The Labute approximate surface area is 117 Å². The normalized spacial score (nSPS) is 38.5. The van der Waals surface area contributed by atoms with Gasteiger partial charge in [0.05, 0.1) is 6.61 Å². The summed E-state index contributed by atoms with van der Waals surface area (Å²) in [7, 11) is 2.23. The van der Waals surface area contributed by atoms with Crippen molar-refractivity contribution in [3.63, 3.8) is 0 Å². The van der Waals surface area contributed by atoms with Crippen molar-refractivity contribution in [2.75, 3.05) is 39.8 Å². The molecule has 0 amide bonds. The van der Waals surface area contributed by atoms with E-state index in [1.807, 2.05) is 0 Å². The summed E-state index contributed by atoms with van der Waals surface area (Å²) in [5.41, 5.74) is 0.0318. The molecule has 2 N–H and O–H groups in total. The van der Waals surface area contributed by atoms with Gasteiger partial charge in [-0.25, -0.2) is 0 Å². The smallest absolute Gasteiger partial charge is 0.0614 e. The van der Waals surface area contributed by atoms with Crippen LogP contribution in [0.4, 0.5) is 0 Å². The van der Waals surface area contributed by atoms with Crippen molar-refractivity contribution < 1.29 is 5.11 Å². The molecule has 0 radical (unpaired) electrons. The van der Waals surface area contributed by atoms with E-state index in [-0.39, 0.29) is 5.54 Å². The van der Waals surface area contributed by atoms with Crippen LogP contribution < -0.4 is 5.32 Å². The summed E-state index contributed by atoms with van der Waals surface area (Å²) in [6.07, 6.45) is 7.45. The number of hydrogen-bond donors (Lipinski definition) is 2. The topological polar surface area (TPSA) is 38.7 Å². The number of hydrogen-bond acceptors (Lipinski definition) is 4. The molecule has 0 aromatic heterocycles. The monoisotopic (exact) mass is 267 g/mol. The molecule has 0 bridgehead atoms. The Morgan fingerprint density at radius 3 is 2.74 bits per heavy atom. The number of aliphatic hydroxyl groups is 1. The Morgan fingerprint density at radius 1 is 1.16 bits per heavy atom. The maximum Gasteiger partial charge on any atom is 0.0614 e. The zero-order valence-corrected chi connectivity index (χ0v) is 12.3. The summed E-state index contributed by atoms with van der Waals surface area (Å²) in [6, 6.07) is 1.38. The van der Waals surface area contributed by atoms with E-state index >= 15 is 0 Å². The lowest BCUT2D eigenvalue weighted by atomic mass is 9.98. The van der Waals surface area contributed by atoms with Crippen molar-refractivity contribution >= 4 is 0 Å². The Balaban J connectivity index is 1.57. The highest BCUT2D eigenvalue weighted by Crippen LogP contribution is 2.36. The van der Waals surface area contributed by atoms with Crippen LogP contribution in [0, 0.1) is 0 Å². The number of likely N-dealkylation sites (N-methyl/N-ethyl adjacent to an activating group) is 1. The molecule has 3 fully saturated rings. The van der Waals surface area contributed by atoms with Gasteiger partial charge in [0.1, 0.15) is 0 Å². The van der Waals surface area contributed by atoms with E-state index < -0.39 is 0 Å². The van der Waals surface area contributed by atoms with Gasteiger partial charge in [0.25, 0.3) is 0 Å². The predicted octanol–water partition coefficient (Wildman–Crippen LogP) is 0.660. The lowest BCUT2D eigenvalue weighted by molar-refractivity contribution is 0.142. The van der Waals surface area contributed by atoms with Crippen molar-refractivity contribution in [3.05, 3.63) is 0 Å². The highest BCUT2D eigenvalue weighted by Gasteiger charge is 2.43. The van der Waals surface area contributed by atoms with Crippen LogP contribution in [0.5, 0.6) is 0 Å². The first-order valence-electron chi connectivity index (χ1n) is 8.02. The van der Waals surface area contributed by atoms with Crippen LogP contribution in [-0.4, -0.2) is 72.4 Å². The van der Waals surface area contributed by atoms with E-state index in [1.54, 1.807) is 0 Å². The van der Waals surface area contributed by atoms with Crippen LogP contribution in [0.3, 0.4) is 0 Å². The minimum Gasteiger partial charge on any atom is -0.394 e. The van der Waals surface area contributed by atoms with Gasteiger partial charge in [-0.15, -0.1) is 0 Å². The molecule has 1 saturated heterocycles. The molecule has 19 heavy (non-hydrogen) atoms. The summed E-state index contributed by atoms with van der Waals surface area (Å²) in [5, 5.41) is 13.5. The molecule has 4 heteroatoms. The van der Waals surface area contributed by atoms with E-state index in [4.69, 9.17) is 0 Å². The fourth-order valence-electron chi connectivity index (χ4n) is 3.82. The van der Waals surface area contributed by atoms with E-state index in [9.17, 15) is 5.11 Å². The highest BCUT2D eigenvalue weighted by molar-refractivity contribution is 5.03. The van der Waals surface area contributed by atoms with Crippen molar-refractivity contribution in [1.82, 2.24) is 15.1 Å². The molecule has 0 spiro atoms. The first-order valence-corrected chi connectivity index (χ1v) is 8.02. The van der Waals surface area contributed by atoms with Crippen LogP contribution in [-0.2, 0) is 0 Å². The van der Waals surface area contributed by atoms with E-state index in [2.05, 4.69) is 22.2 Å². The molecule has 1 heterocycles. The Morgan fingerprint density at radius 2 is 2.00 bits per heavy atom. The summed E-state index contributed by atoms with van der Waals surface area (Å²) in [6.45, 7) is 5.17. The lowest BCUT2D eigenvalue weighted by Crippen LogP contribution is -2.49.